The maximum absolute atomic E-state index is 12.4. The number of ether oxygens (including phenoxy) is 2. The quantitative estimate of drug-likeness (QED) is 0.571. The first-order valence-electron chi connectivity index (χ1n) is 11.2. The van der Waals surface area contributed by atoms with Crippen molar-refractivity contribution in [2.45, 2.75) is 70.8 Å². The van der Waals surface area contributed by atoms with Crippen LogP contribution in [0.2, 0.25) is 0 Å². The molecule has 2 atom stereocenters. The standard InChI is InChI=1S/C23H36N2O3/c1-2-3-8-17-27-21-13-11-20(12-14-21)24-23(26)28-22-10-5-4-9-19(22)18-25-15-6-7-16-25/h11-14,19,22H,2-10,15-18H2,1H3,(H,24,26)/t19-,22+/m1/s1. The van der Waals surface area contributed by atoms with Gasteiger partial charge in [0.15, 0.2) is 0 Å². The summed E-state index contributed by atoms with van der Waals surface area (Å²) in [6, 6.07) is 7.55. The molecule has 5 nitrogen and oxygen atoms in total. The van der Waals surface area contributed by atoms with Gasteiger partial charge in [0.25, 0.3) is 0 Å². The van der Waals surface area contributed by atoms with Crippen LogP contribution in [0, 0.1) is 5.92 Å². The van der Waals surface area contributed by atoms with E-state index in [-0.39, 0.29) is 12.2 Å². The number of benzene rings is 1. The zero-order valence-corrected chi connectivity index (χ0v) is 17.3. The Labute approximate surface area is 169 Å². The van der Waals surface area contributed by atoms with Gasteiger partial charge < -0.3 is 14.4 Å². The predicted molar refractivity (Wildman–Crippen MR) is 113 cm³/mol. The van der Waals surface area contributed by atoms with E-state index in [1.807, 2.05) is 24.3 Å². The Morgan fingerprint density at radius 1 is 1.07 bits per heavy atom. The van der Waals surface area contributed by atoms with E-state index in [0.717, 1.165) is 43.9 Å². The highest BCUT2D eigenvalue weighted by Gasteiger charge is 2.30. The van der Waals surface area contributed by atoms with Crippen molar-refractivity contribution >= 4 is 11.8 Å². The molecule has 1 saturated heterocycles. The van der Waals surface area contributed by atoms with Crippen LogP contribution < -0.4 is 10.1 Å². The SMILES string of the molecule is CCCCCOc1ccc(NC(=O)O[C@H]2CCCC[C@@H]2CN2CCCC2)cc1. The van der Waals surface area contributed by atoms with Crippen LogP contribution in [0.15, 0.2) is 24.3 Å². The Balaban J connectivity index is 1.44. The van der Waals surface area contributed by atoms with Gasteiger partial charge in [0, 0.05) is 18.2 Å². The van der Waals surface area contributed by atoms with Gasteiger partial charge in [0.2, 0.25) is 0 Å². The summed E-state index contributed by atoms with van der Waals surface area (Å²) in [5.41, 5.74) is 0.748. The Morgan fingerprint density at radius 2 is 1.82 bits per heavy atom. The van der Waals surface area contributed by atoms with Crippen molar-refractivity contribution in [2.24, 2.45) is 5.92 Å². The van der Waals surface area contributed by atoms with Crippen LogP contribution in [0.3, 0.4) is 0 Å². The summed E-state index contributed by atoms with van der Waals surface area (Å²) < 4.78 is 11.6. The molecule has 1 amide bonds. The molecule has 1 aliphatic heterocycles. The van der Waals surface area contributed by atoms with E-state index in [1.54, 1.807) is 0 Å². The number of nitrogens with one attached hydrogen (secondary N) is 1. The van der Waals surface area contributed by atoms with Crippen LogP contribution in [0.5, 0.6) is 5.75 Å². The highest BCUT2D eigenvalue weighted by molar-refractivity contribution is 5.84. The van der Waals surface area contributed by atoms with Gasteiger partial charge in [-0.25, -0.2) is 4.79 Å². The van der Waals surface area contributed by atoms with E-state index in [1.165, 1.54) is 51.6 Å². The van der Waals surface area contributed by atoms with E-state index in [9.17, 15) is 4.79 Å². The van der Waals surface area contributed by atoms with Crippen LogP contribution in [-0.4, -0.2) is 43.3 Å². The number of nitrogens with zero attached hydrogens (tertiary/aromatic N) is 1. The molecule has 1 aliphatic carbocycles. The van der Waals surface area contributed by atoms with Gasteiger partial charge in [-0.05, 0) is 75.9 Å². The topological polar surface area (TPSA) is 50.8 Å². The number of anilines is 1. The van der Waals surface area contributed by atoms with Crippen LogP contribution in [0.1, 0.15) is 64.7 Å². The van der Waals surface area contributed by atoms with Gasteiger partial charge in [-0.3, -0.25) is 5.32 Å². The van der Waals surface area contributed by atoms with Crippen LogP contribution in [-0.2, 0) is 4.74 Å². The van der Waals surface area contributed by atoms with Crippen molar-refractivity contribution < 1.29 is 14.3 Å². The summed E-state index contributed by atoms with van der Waals surface area (Å²) >= 11 is 0. The van der Waals surface area contributed by atoms with Crippen LogP contribution in [0.4, 0.5) is 10.5 Å². The first kappa shape index (κ1) is 21.0. The highest BCUT2D eigenvalue weighted by Crippen LogP contribution is 2.29. The molecule has 2 fully saturated rings. The van der Waals surface area contributed by atoms with E-state index < -0.39 is 0 Å². The first-order chi connectivity index (χ1) is 13.7. The Morgan fingerprint density at radius 3 is 2.57 bits per heavy atom. The molecule has 28 heavy (non-hydrogen) atoms. The van der Waals surface area contributed by atoms with Crippen LogP contribution >= 0.6 is 0 Å². The molecule has 0 spiro atoms. The minimum absolute atomic E-state index is 0.0375. The molecular formula is C23H36N2O3. The largest absolute Gasteiger partial charge is 0.494 e. The monoisotopic (exact) mass is 388 g/mol. The summed E-state index contributed by atoms with van der Waals surface area (Å²) in [4.78, 5) is 14.9. The van der Waals surface area contributed by atoms with Gasteiger partial charge in [-0.1, -0.05) is 26.2 Å². The number of unbranched alkanes of at least 4 members (excludes halogenated alkanes) is 2. The molecule has 0 unspecified atom stereocenters. The number of hydrogen-bond donors (Lipinski definition) is 1. The van der Waals surface area contributed by atoms with Gasteiger partial charge in [0.05, 0.1) is 6.61 Å². The summed E-state index contributed by atoms with van der Waals surface area (Å²) in [6.07, 6.45) is 10.3. The molecule has 0 bridgehead atoms. The molecule has 156 valence electrons. The second kappa shape index (κ2) is 11.3. The van der Waals surface area contributed by atoms with E-state index in [0.29, 0.717) is 5.92 Å². The number of rotatable bonds is 9. The van der Waals surface area contributed by atoms with Gasteiger partial charge in [-0.2, -0.15) is 0 Å². The molecule has 2 aliphatic rings. The van der Waals surface area contributed by atoms with Crippen molar-refractivity contribution in [1.29, 1.82) is 0 Å². The number of carbonyl (C=O) groups is 1. The van der Waals surface area contributed by atoms with Gasteiger partial charge >= 0.3 is 6.09 Å². The lowest BCUT2D eigenvalue weighted by Crippen LogP contribution is -2.38. The molecule has 0 aromatic heterocycles. The molecule has 1 aromatic carbocycles. The van der Waals surface area contributed by atoms with Crippen molar-refractivity contribution in [1.82, 2.24) is 4.90 Å². The normalized spacial score (nSPS) is 22.8. The smallest absolute Gasteiger partial charge is 0.411 e. The lowest BCUT2D eigenvalue weighted by Gasteiger charge is -2.33. The minimum atomic E-state index is -0.338. The molecule has 1 saturated carbocycles. The van der Waals surface area contributed by atoms with Gasteiger partial charge in [0.1, 0.15) is 11.9 Å². The highest BCUT2D eigenvalue weighted by atomic mass is 16.6. The number of amides is 1. The number of carbonyl (C=O) groups excluding carboxylic acids is 1. The third-order valence-electron chi connectivity index (χ3n) is 5.91. The lowest BCUT2D eigenvalue weighted by atomic mass is 9.86. The van der Waals surface area contributed by atoms with Crippen molar-refractivity contribution in [3.05, 3.63) is 24.3 Å². The second-order valence-electron chi connectivity index (χ2n) is 8.20. The number of likely N-dealkylation sites (tertiary alicyclic amines) is 1. The summed E-state index contributed by atoms with van der Waals surface area (Å²) in [5.74, 6) is 1.31. The maximum atomic E-state index is 12.4. The molecule has 1 N–H and O–H groups in total. The molecule has 5 heteroatoms. The Hall–Kier alpha value is -1.75. The third kappa shape index (κ3) is 6.69. The maximum Gasteiger partial charge on any atom is 0.411 e. The average molecular weight is 389 g/mol. The summed E-state index contributed by atoms with van der Waals surface area (Å²) in [5, 5.41) is 2.88. The summed E-state index contributed by atoms with van der Waals surface area (Å²) in [6.45, 7) is 6.39. The predicted octanol–water partition coefficient (Wildman–Crippen LogP) is 5.46. The molecule has 3 rings (SSSR count). The number of hydrogen-bond acceptors (Lipinski definition) is 4. The van der Waals surface area contributed by atoms with E-state index >= 15 is 0 Å². The summed E-state index contributed by atoms with van der Waals surface area (Å²) in [7, 11) is 0. The third-order valence-corrected chi connectivity index (χ3v) is 5.91. The van der Waals surface area contributed by atoms with E-state index in [2.05, 4.69) is 17.1 Å². The average Bonchev–Trinajstić information content (AvgIpc) is 3.21. The molecular weight excluding hydrogens is 352 g/mol. The van der Waals surface area contributed by atoms with Crippen molar-refractivity contribution in [2.75, 3.05) is 31.6 Å². The minimum Gasteiger partial charge on any atom is -0.494 e. The molecule has 0 radical (unpaired) electrons. The molecule has 1 heterocycles. The zero-order valence-electron chi connectivity index (χ0n) is 17.3. The Kier molecular flexibility index (Phi) is 8.46. The molecule has 1 aromatic rings. The second-order valence-corrected chi connectivity index (χ2v) is 8.20. The fourth-order valence-corrected chi connectivity index (χ4v) is 4.30. The fourth-order valence-electron chi connectivity index (χ4n) is 4.30. The Bertz CT molecular complexity index is 584. The van der Waals surface area contributed by atoms with Crippen LogP contribution in [0.25, 0.3) is 0 Å². The first-order valence-corrected chi connectivity index (χ1v) is 11.2. The van der Waals surface area contributed by atoms with Crippen molar-refractivity contribution in [3.63, 3.8) is 0 Å². The van der Waals surface area contributed by atoms with E-state index in [4.69, 9.17) is 9.47 Å². The fraction of sp³-hybridized carbons (Fsp3) is 0.696. The lowest BCUT2D eigenvalue weighted by molar-refractivity contribution is 0.0327. The van der Waals surface area contributed by atoms with Gasteiger partial charge in [-0.15, -0.1) is 0 Å². The van der Waals surface area contributed by atoms with Crippen molar-refractivity contribution in [3.8, 4) is 5.75 Å². The zero-order chi connectivity index (χ0) is 19.6.